The number of nitrogens with one attached hydrogen (secondary N) is 1. The maximum absolute atomic E-state index is 12.8. The van der Waals surface area contributed by atoms with E-state index in [2.05, 4.69) is 5.32 Å². The van der Waals surface area contributed by atoms with Crippen molar-refractivity contribution in [3.8, 4) is 5.75 Å². The topological polar surface area (TPSA) is 94.6 Å². The van der Waals surface area contributed by atoms with Crippen LogP contribution in [-0.2, 0) is 4.79 Å². The van der Waals surface area contributed by atoms with E-state index in [0.29, 0.717) is 22.3 Å². The summed E-state index contributed by atoms with van der Waals surface area (Å²) >= 11 is 0. The van der Waals surface area contributed by atoms with E-state index >= 15 is 0 Å². The summed E-state index contributed by atoms with van der Waals surface area (Å²) in [6.07, 6.45) is 6.48. The van der Waals surface area contributed by atoms with Crippen molar-refractivity contribution in [1.29, 1.82) is 0 Å². The molecule has 0 bridgehead atoms. The molecule has 2 aliphatic carbocycles. The van der Waals surface area contributed by atoms with Crippen molar-refractivity contribution < 1.29 is 18.7 Å². The molecule has 2 amide bonds. The molecule has 2 fully saturated rings. The molecule has 2 saturated carbocycles. The number of amides is 2. The van der Waals surface area contributed by atoms with Gasteiger partial charge < -0.3 is 20.2 Å². The molecule has 0 saturated heterocycles. The SMILES string of the molecule is Cc1oc2ccc(OC3CC4CCCC4C3)cc2c1C(=O)NC(C)(C)C(N)=O. The minimum atomic E-state index is -1.15. The second kappa shape index (κ2) is 6.83. The van der Waals surface area contributed by atoms with Crippen LogP contribution < -0.4 is 15.8 Å². The summed E-state index contributed by atoms with van der Waals surface area (Å²) in [5.41, 5.74) is 5.27. The lowest BCUT2D eigenvalue weighted by atomic mass is 10.0. The Morgan fingerprint density at radius 3 is 2.54 bits per heavy atom. The van der Waals surface area contributed by atoms with Crippen molar-refractivity contribution in [2.45, 2.75) is 64.5 Å². The first-order valence-corrected chi connectivity index (χ1v) is 10.1. The third kappa shape index (κ3) is 3.36. The molecule has 2 unspecified atom stereocenters. The van der Waals surface area contributed by atoms with Crippen LogP contribution in [0.4, 0.5) is 0 Å². The maximum atomic E-state index is 12.8. The first kappa shape index (κ1) is 18.8. The molecule has 1 aromatic carbocycles. The Morgan fingerprint density at radius 1 is 1.21 bits per heavy atom. The number of hydrogen-bond acceptors (Lipinski definition) is 4. The van der Waals surface area contributed by atoms with Gasteiger partial charge in [0.15, 0.2) is 0 Å². The highest BCUT2D eigenvalue weighted by atomic mass is 16.5. The van der Waals surface area contributed by atoms with Gasteiger partial charge in [-0.2, -0.15) is 0 Å². The quantitative estimate of drug-likeness (QED) is 0.822. The average molecular weight is 384 g/mol. The lowest BCUT2D eigenvalue weighted by molar-refractivity contribution is -0.122. The van der Waals surface area contributed by atoms with E-state index in [0.717, 1.165) is 30.4 Å². The number of carbonyl (C=O) groups excluding carboxylic acids is 2. The summed E-state index contributed by atoms with van der Waals surface area (Å²) in [5, 5.41) is 3.38. The van der Waals surface area contributed by atoms with Crippen LogP contribution in [0.25, 0.3) is 11.0 Å². The Morgan fingerprint density at radius 2 is 1.89 bits per heavy atom. The number of rotatable bonds is 5. The van der Waals surface area contributed by atoms with Gasteiger partial charge >= 0.3 is 0 Å². The van der Waals surface area contributed by atoms with Gasteiger partial charge in [-0.1, -0.05) is 19.3 Å². The molecule has 2 aliphatic rings. The number of fused-ring (bicyclic) bond motifs is 2. The van der Waals surface area contributed by atoms with Crippen LogP contribution in [0.2, 0.25) is 0 Å². The maximum Gasteiger partial charge on any atom is 0.256 e. The number of hydrogen-bond donors (Lipinski definition) is 2. The summed E-state index contributed by atoms with van der Waals surface area (Å²) in [5.74, 6) is 1.89. The fourth-order valence-corrected chi connectivity index (χ4v) is 4.76. The Kier molecular flexibility index (Phi) is 4.60. The third-order valence-corrected chi connectivity index (χ3v) is 6.36. The summed E-state index contributed by atoms with van der Waals surface area (Å²) in [6, 6.07) is 5.60. The lowest BCUT2D eigenvalue weighted by Gasteiger charge is -2.22. The molecule has 150 valence electrons. The molecule has 6 nitrogen and oxygen atoms in total. The predicted octanol–water partition coefficient (Wildman–Crippen LogP) is 3.69. The summed E-state index contributed by atoms with van der Waals surface area (Å²) in [7, 11) is 0. The Hall–Kier alpha value is -2.50. The van der Waals surface area contributed by atoms with E-state index in [9.17, 15) is 9.59 Å². The normalized spacial score (nSPS) is 24.3. The number of nitrogens with two attached hydrogens (primary N) is 1. The Labute approximate surface area is 164 Å². The molecule has 0 spiro atoms. The van der Waals surface area contributed by atoms with Gasteiger partial charge in [0, 0.05) is 5.39 Å². The van der Waals surface area contributed by atoms with Crippen molar-refractivity contribution in [3.63, 3.8) is 0 Å². The van der Waals surface area contributed by atoms with Gasteiger partial charge in [0.25, 0.3) is 5.91 Å². The third-order valence-electron chi connectivity index (χ3n) is 6.36. The van der Waals surface area contributed by atoms with Crippen LogP contribution in [-0.4, -0.2) is 23.5 Å². The van der Waals surface area contributed by atoms with Crippen LogP contribution in [0, 0.1) is 18.8 Å². The molecule has 0 radical (unpaired) electrons. The molecular formula is C22H28N2O4. The highest BCUT2D eigenvalue weighted by Gasteiger charge is 2.38. The van der Waals surface area contributed by atoms with Crippen molar-refractivity contribution >= 4 is 22.8 Å². The summed E-state index contributed by atoms with van der Waals surface area (Å²) in [6.45, 7) is 4.90. The predicted molar refractivity (Wildman–Crippen MR) is 106 cm³/mol. The Balaban J connectivity index is 1.58. The number of benzene rings is 1. The molecule has 2 aromatic rings. The van der Waals surface area contributed by atoms with Gasteiger partial charge in [-0.25, -0.2) is 0 Å². The summed E-state index contributed by atoms with van der Waals surface area (Å²) in [4.78, 5) is 24.4. The van der Waals surface area contributed by atoms with Crippen LogP contribution in [0.1, 0.15) is 62.1 Å². The fraction of sp³-hybridized carbons (Fsp3) is 0.545. The van der Waals surface area contributed by atoms with Crippen LogP contribution >= 0.6 is 0 Å². The number of carbonyl (C=O) groups is 2. The zero-order chi connectivity index (χ0) is 20.1. The number of ether oxygens (including phenoxy) is 1. The molecule has 4 rings (SSSR count). The molecule has 2 atom stereocenters. The van der Waals surface area contributed by atoms with Crippen molar-refractivity contribution in [2.75, 3.05) is 0 Å². The molecule has 1 heterocycles. The molecule has 28 heavy (non-hydrogen) atoms. The monoisotopic (exact) mass is 384 g/mol. The number of furan rings is 1. The van der Waals surface area contributed by atoms with Crippen molar-refractivity contribution in [2.24, 2.45) is 17.6 Å². The van der Waals surface area contributed by atoms with E-state index < -0.39 is 11.4 Å². The van der Waals surface area contributed by atoms with Crippen LogP contribution in [0.15, 0.2) is 22.6 Å². The van der Waals surface area contributed by atoms with E-state index in [4.69, 9.17) is 14.9 Å². The van der Waals surface area contributed by atoms with Crippen LogP contribution in [0.5, 0.6) is 5.75 Å². The van der Waals surface area contributed by atoms with E-state index in [1.807, 2.05) is 18.2 Å². The van der Waals surface area contributed by atoms with Gasteiger partial charge in [0.2, 0.25) is 5.91 Å². The molecule has 1 aromatic heterocycles. The highest BCUT2D eigenvalue weighted by molar-refractivity contribution is 6.09. The molecular weight excluding hydrogens is 356 g/mol. The number of aryl methyl sites for hydroxylation is 1. The van der Waals surface area contributed by atoms with Crippen LogP contribution in [0.3, 0.4) is 0 Å². The zero-order valence-corrected chi connectivity index (χ0v) is 16.7. The minimum absolute atomic E-state index is 0.242. The second-order valence-corrected chi connectivity index (χ2v) is 8.80. The van der Waals surface area contributed by atoms with Gasteiger partial charge in [0.05, 0.1) is 11.7 Å². The van der Waals surface area contributed by atoms with Crippen molar-refractivity contribution in [1.82, 2.24) is 5.32 Å². The number of primary amides is 1. The Bertz CT molecular complexity index is 918. The van der Waals surface area contributed by atoms with Gasteiger partial charge in [-0.3, -0.25) is 9.59 Å². The van der Waals surface area contributed by atoms with E-state index in [1.165, 1.54) is 19.3 Å². The molecule has 3 N–H and O–H groups in total. The van der Waals surface area contributed by atoms with Gasteiger partial charge in [-0.05, 0) is 63.6 Å². The first-order chi connectivity index (χ1) is 13.2. The molecule has 0 aliphatic heterocycles. The largest absolute Gasteiger partial charge is 0.490 e. The average Bonchev–Trinajstić information content (AvgIpc) is 3.26. The lowest BCUT2D eigenvalue weighted by Crippen LogP contribution is -2.53. The first-order valence-electron chi connectivity index (χ1n) is 10.1. The van der Waals surface area contributed by atoms with Crippen molar-refractivity contribution in [3.05, 3.63) is 29.5 Å². The summed E-state index contributed by atoms with van der Waals surface area (Å²) < 4.78 is 12.0. The van der Waals surface area contributed by atoms with E-state index in [-0.39, 0.29) is 12.0 Å². The standard InChI is InChI=1S/C22H28N2O4/c1-12-19(20(25)24-22(2,3)21(23)26)17-11-15(7-8-18(17)27-12)28-16-9-13-5-4-6-14(13)10-16/h7-8,11,13-14,16H,4-6,9-10H2,1-3H3,(H2,23,26)(H,24,25). The van der Waals surface area contributed by atoms with E-state index in [1.54, 1.807) is 20.8 Å². The molecule has 6 heteroatoms. The zero-order valence-electron chi connectivity index (χ0n) is 16.7. The van der Waals surface area contributed by atoms with Gasteiger partial charge in [0.1, 0.15) is 22.6 Å². The van der Waals surface area contributed by atoms with Gasteiger partial charge in [-0.15, -0.1) is 0 Å². The highest BCUT2D eigenvalue weighted by Crippen LogP contribution is 2.45. The second-order valence-electron chi connectivity index (χ2n) is 8.80. The fourth-order valence-electron chi connectivity index (χ4n) is 4.76. The minimum Gasteiger partial charge on any atom is -0.490 e. The smallest absolute Gasteiger partial charge is 0.256 e.